The lowest BCUT2D eigenvalue weighted by atomic mass is 10.6. The molecule has 2 nitrogen and oxygen atoms in total. The Morgan fingerprint density at radius 3 is 1.56 bits per heavy atom. The zero-order valence-corrected chi connectivity index (χ0v) is 7.15. The molecule has 0 aromatic heterocycles. The van der Waals surface area contributed by atoms with Crippen LogP contribution in [-0.4, -0.2) is 29.2 Å². The van der Waals surface area contributed by atoms with Crippen LogP contribution in [0.25, 0.3) is 0 Å². The smallest absolute Gasteiger partial charge is 0.0270 e. The first-order valence-corrected chi connectivity index (χ1v) is 3.78. The van der Waals surface area contributed by atoms with E-state index in [9.17, 15) is 0 Å². The maximum Gasteiger partial charge on any atom is 0.0270 e. The first kappa shape index (κ1) is 9.21. The Bertz CT molecular complexity index is 64.1. The van der Waals surface area contributed by atoms with Crippen molar-refractivity contribution < 1.29 is 0 Å². The van der Waals surface area contributed by atoms with Crippen LogP contribution < -0.4 is 0 Å². The van der Waals surface area contributed by atoms with Crippen LogP contribution in [-0.2, 0) is 0 Å². The van der Waals surface area contributed by atoms with E-state index in [0.29, 0.717) is 0 Å². The molecule has 0 aliphatic carbocycles. The summed E-state index contributed by atoms with van der Waals surface area (Å²) in [4.78, 5) is 0. The molecular formula is C6H15ClN2. The molecule has 0 spiro atoms. The second-order valence-corrected chi connectivity index (χ2v) is 2.18. The predicted molar refractivity (Wildman–Crippen MR) is 41.2 cm³/mol. The van der Waals surface area contributed by atoms with Crippen molar-refractivity contribution in [2.45, 2.75) is 20.8 Å². The predicted octanol–water partition coefficient (Wildman–Crippen LogP) is 1.72. The van der Waals surface area contributed by atoms with E-state index < -0.39 is 0 Å². The molecule has 0 fully saturated rings. The zero-order valence-electron chi connectivity index (χ0n) is 6.39. The molecule has 56 valence electrons. The molecule has 3 heteroatoms. The molecule has 9 heavy (non-hydrogen) atoms. The van der Waals surface area contributed by atoms with E-state index in [-0.39, 0.29) is 0 Å². The van der Waals surface area contributed by atoms with Gasteiger partial charge in [-0.15, -0.1) is 0 Å². The van der Waals surface area contributed by atoms with Gasteiger partial charge in [-0.3, -0.25) is 0 Å². The SMILES string of the molecule is CCN(Cl)N(CC)CC. The van der Waals surface area contributed by atoms with Crippen molar-refractivity contribution in [1.82, 2.24) is 9.54 Å². The normalized spacial score (nSPS) is 11.3. The summed E-state index contributed by atoms with van der Waals surface area (Å²) in [6, 6.07) is 0. The summed E-state index contributed by atoms with van der Waals surface area (Å²) in [7, 11) is 0. The second-order valence-electron chi connectivity index (χ2n) is 1.79. The van der Waals surface area contributed by atoms with Gasteiger partial charge in [-0.05, 0) is 18.7 Å². The molecule has 0 N–H and O–H groups in total. The Labute approximate surface area is 62.5 Å². The topological polar surface area (TPSA) is 6.48 Å². The zero-order chi connectivity index (χ0) is 7.28. The summed E-state index contributed by atoms with van der Waals surface area (Å²) in [5.74, 6) is 0. The molecule has 0 saturated heterocycles. The number of hydrazine groups is 1. The molecule has 0 bridgehead atoms. The first-order valence-electron chi connectivity index (χ1n) is 3.44. The highest BCUT2D eigenvalue weighted by atomic mass is 35.5. The van der Waals surface area contributed by atoms with Crippen LogP contribution >= 0.6 is 11.8 Å². The fourth-order valence-electron chi connectivity index (χ4n) is 0.731. The Morgan fingerprint density at radius 2 is 1.44 bits per heavy atom. The molecule has 0 aromatic carbocycles. The first-order chi connectivity index (χ1) is 4.26. The summed E-state index contributed by atoms with van der Waals surface area (Å²) >= 11 is 5.79. The molecule has 0 heterocycles. The van der Waals surface area contributed by atoms with Crippen LogP contribution in [0.1, 0.15) is 20.8 Å². The highest BCUT2D eigenvalue weighted by Gasteiger charge is 2.04. The monoisotopic (exact) mass is 150 g/mol. The van der Waals surface area contributed by atoms with Gasteiger partial charge < -0.3 is 0 Å². The number of hydrogen-bond acceptors (Lipinski definition) is 2. The fraction of sp³-hybridized carbons (Fsp3) is 1.00. The second kappa shape index (κ2) is 5.03. The molecule has 0 aliphatic rings. The van der Waals surface area contributed by atoms with E-state index in [1.54, 1.807) is 4.53 Å². The molecular weight excluding hydrogens is 136 g/mol. The lowest BCUT2D eigenvalue weighted by Crippen LogP contribution is -2.35. The standard InChI is InChI=1S/C6H15ClN2/c1-4-8(5-2)9(7)6-3/h4-6H2,1-3H3. The van der Waals surface area contributed by atoms with Gasteiger partial charge in [0.2, 0.25) is 0 Å². The van der Waals surface area contributed by atoms with E-state index >= 15 is 0 Å². The lowest BCUT2D eigenvalue weighted by molar-refractivity contribution is 0.0808. The molecule has 0 radical (unpaired) electrons. The van der Waals surface area contributed by atoms with E-state index in [1.165, 1.54) is 0 Å². The average Bonchev–Trinajstić information content (AvgIpc) is 1.90. The summed E-state index contributed by atoms with van der Waals surface area (Å²) in [5.41, 5.74) is 0. The van der Waals surface area contributed by atoms with Crippen molar-refractivity contribution in [1.29, 1.82) is 0 Å². The quantitative estimate of drug-likeness (QED) is 0.445. The lowest BCUT2D eigenvalue weighted by Gasteiger charge is -2.25. The summed E-state index contributed by atoms with van der Waals surface area (Å²) in [6.45, 7) is 9.04. The Kier molecular flexibility index (Phi) is 5.15. The minimum absolute atomic E-state index is 0.864. The number of hydrogen-bond donors (Lipinski definition) is 0. The van der Waals surface area contributed by atoms with Gasteiger partial charge >= 0.3 is 0 Å². The minimum atomic E-state index is 0.864. The maximum atomic E-state index is 5.79. The molecule has 0 aromatic rings. The van der Waals surface area contributed by atoms with Crippen LogP contribution in [0.15, 0.2) is 0 Å². The molecule has 0 atom stereocenters. The van der Waals surface area contributed by atoms with Gasteiger partial charge in [0.25, 0.3) is 0 Å². The van der Waals surface area contributed by atoms with Gasteiger partial charge in [0.15, 0.2) is 0 Å². The van der Waals surface area contributed by atoms with Crippen LogP contribution in [0.5, 0.6) is 0 Å². The van der Waals surface area contributed by atoms with E-state index in [1.807, 2.05) is 6.92 Å². The molecule has 0 saturated carbocycles. The van der Waals surface area contributed by atoms with Crippen molar-refractivity contribution in [3.05, 3.63) is 0 Å². The van der Waals surface area contributed by atoms with Crippen molar-refractivity contribution in [2.24, 2.45) is 0 Å². The van der Waals surface area contributed by atoms with Crippen LogP contribution in [0.2, 0.25) is 0 Å². The van der Waals surface area contributed by atoms with Crippen molar-refractivity contribution in [3.8, 4) is 0 Å². The van der Waals surface area contributed by atoms with E-state index in [4.69, 9.17) is 11.8 Å². The van der Waals surface area contributed by atoms with Crippen molar-refractivity contribution >= 4 is 11.8 Å². The van der Waals surface area contributed by atoms with Gasteiger partial charge in [-0.1, -0.05) is 13.8 Å². The van der Waals surface area contributed by atoms with Crippen LogP contribution in [0.3, 0.4) is 0 Å². The average molecular weight is 151 g/mol. The number of halogens is 1. The van der Waals surface area contributed by atoms with Gasteiger partial charge in [-0.25, -0.2) is 5.01 Å². The van der Waals surface area contributed by atoms with Crippen LogP contribution in [0.4, 0.5) is 0 Å². The van der Waals surface area contributed by atoms with Crippen molar-refractivity contribution in [3.63, 3.8) is 0 Å². The highest BCUT2D eigenvalue weighted by molar-refractivity contribution is 6.12. The van der Waals surface area contributed by atoms with Crippen LogP contribution in [0, 0.1) is 0 Å². The summed E-state index contributed by atoms with van der Waals surface area (Å²) in [5, 5.41) is 2.07. The van der Waals surface area contributed by atoms with Gasteiger partial charge in [0.1, 0.15) is 0 Å². The number of nitrogens with zero attached hydrogens (tertiary/aromatic N) is 2. The fourth-order valence-corrected chi connectivity index (χ4v) is 0.944. The van der Waals surface area contributed by atoms with Crippen molar-refractivity contribution in [2.75, 3.05) is 19.6 Å². The molecule has 0 rings (SSSR count). The third-order valence-corrected chi connectivity index (χ3v) is 1.75. The van der Waals surface area contributed by atoms with Gasteiger partial charge in [-0.2, -0.15) is 4.53 Å². The minimum Gasteiger partial charge on any atom is -0.228 e. The largest absolute Gasteiger partial charge is 0.228 e. The van der Waals surface area contributed by atoms with E-state index in [0.717, 1.165) is 19.6 Å². The molecule has 0 aliphatic heterocycles. The highest BCUT2D eigenvalue weighted by Crippen LogP contribution is 1.99. The Balaban J connectivity index is 3.50. The Morgan fingerprint density at radius 1 is 1.00 bits per heavy atom. The van der Waals surface area contributed by atoms with Gasteiger partial charge in [0.05, 0.1) is 0 Å². The molecule has 0 amide bonds. The van der Waals surface area contributed by atoms with E-state index in [2.05, 4.69) is 18.9 Å². The summed E-state index contributed by atoms with van der Waals surface area (Å²) < 4.78 is 1.71. The number of rotatable bonds is 4. The Hall–Kier alpha value is 0.210. The maximum absolute atomic E-state index is 5.79. The molecule has 0 unspecified atom stereocenters. The van der Waals surface area contributed by atoms with Gasteiger partial charge in [0, 0.05) is 19.6 Å². The third kappa shape index (κ3) is 3.04. The summed E-state index contributed by atoms with van der Waals surface area (Å²) in [6.07, 6.45) is 0. The third-order valence-electron chi connectivity index (χ3n) is 1.30.